The Hall–Kier alpha value is -2.18. The van der Waals surface area contributed by atoms with Gasteiger partial charge in [0.2, 0.25) is 0 Å². The van der Waals surface area contributed by atoms with E-state index in [2.05, 4.69) is 21.3 Å². The molecular formula is C43H74ClFN6O4. The summed E-state index contributed by atoms with van der Waals surface area (Å²) in [5.41, 5.74) is -0.247. The first-order valence-corrected chi connectivity index (χ1v) is 22.0. The van der Waals surface area contributed by atoms with Crippen LogP contribution in [0.2, 0.25) is 5.02 Å². The third-order valence-electron chi connectivity index (χ3n) is 12.6. The third-order valence-corrected chi connectivity index (χ3v) is 12.8. The van der Waals surface area contributed by atoms with Crippen molar-refractivity contribution < 1.29 is 23.8 Å². The summed E-state index contributed by atoms with van der Waals surface area (Å²) in [6.45, 7) is 5.27. The molecule has 314 valence electrons. The number of amides is 4. The molecule has 2 heterocycles. The van der Waals surface area contributed by atoms with Crippen molar-refractivity contribution in [2.24, 2.45) is 17.8 Å². The van der Waals surface area contributed by atoms with Crippen molar-refractivity contribution in [2.75, 3.05) is 67.1 Å². The van der Waals surface area contributed by atoms with Crippen molar-refractivity contribution in [1.82, 2.24) is 31.1 Å². The Balaban J connectivity index is 0.000000296. The first-order chi connectivity index (χ1) is 26.6. The maximum Gasteiger partial charge on any atom is 0.317 e. The van der Waals surface area contributed by atoms with Gasteiger partial charge in [0.25, 0.3) is 0 Å². The van der Waals surface area contributed by atoms with Crippen molar-refractivity contribution in [2.45, 2.75) is 139 Å². The highest BCUT2D eigenvalue weighted by Crippen LogP contribution is 2.40. The fourth-order valence-electron chi connectivity index (χ4n) is 9.45. The van der Waals surface area contributed by atoms with Gasteiger partial charge in [-0.15, -0.1) is 0 Å². The topological polar surface area (TPSA) is 118 Å². The molecule has 12 heteroatoms. The molecule has 4 aliphatic rings. The number of aliphatic hydroxyl groups is 1. The number of rotatable bonds is 17. The summed E-state index contributed by atoms with van der Waals surface area (Å²) >= 11 is 6.30. The van der Waals surface area contributed by atoms with E-state index in [0.29, 0.717) is 62.5 Å². The van der Waals surface area contributed by atoms with Gasteiger partial charge in [-0.05, 0) is 134 Å². The quantitative estimate of drug-likeness (QED) is 0.104. The zero-order valence-electron chi connectivity index (χ0n) is 34.3. The average Bonchev–Trinajstić information content (AvgIpc) is 3.71. The lowest BCUT2D eigenvalue weighted by atomic mass is 9.74. The zero-order chi connectivity index (χ0) is 39.5. The molecule has 4 fully saturated rings. The minimum atomic E-state index is -1.06. The molecule has 2 saturated heterocycles. The molecule has 2 aliphatic carbocycles. The normalized spacial score (nSPS) is 24.3. The molecular weight excluding hydrogens is 719 g/mol. The Morgan fingerprint density at radius 2 is 1.44 bits per heavy atom. The van der Waals surface area contributed by atoms with Crippen LogP contribution in [0.1, 0.15) is 121 Å². The molecule has 0 spiro atoms. The minimum Gasteiger partial charge on any atom is -0.385 e. The van der Waals surface area contributed by atoms with E-state index in [-0.39, 0.29) is 24.0 Å². The number of hydrogen-bond donors (Lipinski definition) is 5. The van der Waals surface area contributed by atoms with E-state index in [1.807, 2.05) is 48.2 Å². The largest absolute Gasteiger partial charge is 0.385 e. The molecule has 0 unspecified atom stereocenters. The zero-order valence-corrected chi connectivity index (χ0v) is 35.0. The van der Waals surface area contributed by atoms with Gasteiger partial charge in [0.1, 0.15) is 6.17 Å². The van der Waals surface area contributed by atoms with Crippen LogP contribution in [0, 0.1) is 17.8 Å². The van der Waals surface area contributed by atoms with Crippen LogP contribution in [-0.4, -0.2) is 112 Å². The molecule has 5 N–H and O–H groups in total. The predicted molar refractivity (Wildman–Crippen MR) is 221 cm³/mol. The van der Waals surface area contributed by atoms with Crippen LogP contribution in [0.3, 0.4) is 0 Å². The summed E-state index contributed by atoms with van der Waals surface area (Å²) in [4.78, 5) is 29.4. The second-order valence-corrected chi connectivity index (χ2v) is 17.3. The Morgan fingerprint density at radius 1 is 0.836 bits per heavy atom. The first kappa shape index (κ1) is 45.5. The molecule has 0 bridgehead atoms. The number of likely N-dealkylation sites (tertiary alicyclic amines) is 2. The average molecular weight is 794 g/mol. The highest BCUT2D eigenvalue weighted by Gasteiger charge is 2.41. The van der Waals surface area contributed by atoms with Crippen LogP contribution < -0.4 is 21.3 Å². The number of unbranched alkanes of at least 4 members (excludes halogenated alkanes) is 1. The van der Waals surface area contributed by atoms with E-state index in [0.717, 1.165) is 95.3 Å². The number of methoxy groups -OCH3 is 1. The Bertz CT molecular complexity index is 1250. The highest BCUT2D eigenvalue weighted by molar-refractivity contribution is 6.30. The van der Waals surface area contributed by atoms with Crippen molar-refractivity contribution in [3.63, 3.8) is 0 Å². The molecule has 4 amide bonds. The van der Waals surface area contributed by atoms with Gasteiger partial charge < -0.3 is 40.9 Å². The molecule has 55 heavy (non-hydrogen) atoms. The summed E-state index contributed by atoms with van der Waals surface area (Å²) in [5, 5.41) is 25.5. The Labute approximate surface area is 336 Å². The highest BCUT2D eigenvalue weighted by atomic mass is 35.5. The number of alkyl halides is 1. The van der Waals surface area contributed by atoms with Gasteiger partial charge in [-0.25, -0.2) is 14.0 Å². The van der Waals surface area contributed by atoms with E-state index in [9.17, 15) is 19.1 Å². The summed E-state index contributed by atoms with van der Waals surface area (Å²) in [6.07, 6.45) is 17.4. The second kappa shape index (κ2) is 24.6. The number of nitrogens with zero attached hydrogens (tertiary/aromatic N) is 2. The van der Waals surface area contributed by atoms with E-state index in [1.54, 1.807) is 7.11 Å². The van der Waals surface area contributed by atoms with Gasteiger partial charge in [-0.2, -0.15) is 0 Å². The summed E-state index contributed by atoms with van der Waals surface area (Å²) < 4.78 is 18.8. The fraction of sp³-hybridized carbons (Fsp3) is 0.814. The Kier molecular flexibility index (Phi) is 20.3. The maximum atomic E-state index is 13.6. The van der Waals surface area contributed by atoms with Crippen molar-refractivity contribution in [3.05, 3.63) is 34.9 Å². The molecule has 4 atom stereocenters. The molecule has 1 aromatic rings. The predicted octanol–water partition coefficient (Wildman–Crippen LogP) is 7.62. The molecule has 0 radical (unpaired) electrons. The van der Waals surface area contributed by atoms with E-state index in [4.69, 9.17) is 16.3 Å². The van der Waals surface area contributed by atoms with Gasteiger partial charge >= 0.3 is 12.1 Å². The van der Waals surface area contributed by atoms with Crippen molar-refractivity contribution >= 4 is 23.7 Å². The lowest BCUT2D eigenvalue weighted by Gasteiger charge is -2.43. The lowest BCUT2D eigenvalue weighted by Crippen LogP contribution is -2.54. The van der Waals surface area contributed by atoms with E-state index in [1.165, 1.54) is 32.1 Å². The first-order valence-electron chi connectivity index (χ1n) is 21.7. The number of carbonyl (C=O) groups excluding carboxylic acids is 2. The minimum absolute atomic E-state index is 0.00453. The number of likely N-dealkylation sites (N-methyl/N-ethyl adjacent to an activating group) is 2. The third kappa shape index (κ3) is 15.3. The SMILES string of the molecule is CNC[C@H](CC1CCC(F)CC1)NC(=O)N1CCC[C@@H]([C@@](O)(CCCCOC)c2cccc(Cl)c2)C1.CNC[C@H](CC1CCCC1)NC(=O)N1CCCCC1. The number of nitrogens with one attached hydrogen (secondary N) is 4. The number of urea groups is 2. The van der Waals surface area contributed by atoms with E-state index < -0.39 is 11.8 Å². The maximum absolute atomic E-state index is 13.6. The number of benzene rings is 1. The van der Waals surface area contributed by atoms with Gasteiger partial charge in [-0.3, -0.25) is 0 Å². The molecule has 2 saturated carbocycles. The lowest BCUT2D eigenvalue weighted by molar-refractivity contribution is -0.0564. The summed E-state index contributed by atoms with van der Waals surface area (Å²) in [6, 6.07) is 7.86. The number of piperidine rings is 2. The van der Waals surface area contributed by atoms with Crippen LogP contribution in [0.25, 0.3) is 0 Å². The van der Waals surface area contributed by atoms with Crippen LogP contribution in [0.5, 0.6) is 0 Å². The number of ether oxygens (including phenoxy) is 1. The van der Waals surface area contributed by atoms with Gasteiger partial charge in [-0.1, -0.05) is 49.4 Å². The molecule has 2 aliphatic heterocycles. The Morgan fingerprint density at radius 3 is 2.04 bits per heavy atom. The van der Waals surface area contributed by atoms with Gasteiger partial charge in [0.15, 0.2) is 0 Å². The smallest absolute Gasteiger partial charge is 0.317 e. The van der Waals surface area contributed by atoms with Crippen LogP contribution in [0.15, 0.2) is 24.3 Å². The van der Waals surface area contributed by atoms with Crippen molar-refractivity contribution in [1.29, 1.82) is 0 Å². The molecule has 1 aromatic carbocycles. The summed E-state index contributed by atoms with van der Waals surface area (Å²) in [5.74, 6) is 1.19. The van der Waals surface area contributed by atoms with Crippen LogP contribution in [-0.2, 0) is 10.3 Å². The number of hydrogen-bond acceptors (Lipinski definition) is 6. The molecule has 0 aromatic heterocycles. The monoisotopic (exact) mass is 793 g/mol. The van der Waals surface area contributed by atoms with Gasteiger partial charge in [0.05, 0.1) is 5.60 Å². The fourth-order valence-corrected chi connectivity index (χ4v) is 9.64. The van der Waals surface area contributed by atoms with E-state index >= 15 is 0 Å². The summed E-state index contributed by atoms with van der Waals surface area (Å²) in [7, 11) is 5.55. The standard InChI is InChI=1S/C28H45ClFN3O3.C15H29N3O/c1-31-19-26(17-21-10-12-25(30)13-11-21)32-27(34)33-15-6-8-23(20-33)28(35,14-3-4-16-36-2)22-7-5-9-24(29)18-22;1-16-12-14(11-13-7-3-4-8-13)17-15(19)18-9-5-2-6-10-18/h5,7,9,18,21,23,25-26,31,35H,3-4,6,8,10-17,19-20H2,1-2H3,(H,32,34);13-14,16H,2-12H2,1H3,(H,17,19)/t21?,23-,25?,26+,28-;14-/m10/s1. The number of halogens is 2. The van der Waals surface area contributed by atoms with Crippen LogP contribution >= 0.6 is 11.6 Å². The van der Waals surface area contributed by atoms with Crippen LogP contribution in [0.4, 0.5) is 14.0 Å². The molecule has 10 nitrogen and oxygen atoms in total. The number of carbonyl (C=O) groups is 2. The second-order valence-electron chi connectivity index (χ2n) is 16.9. The van der Waals surface area contributed by atoms with Crippen molar-refractivity contribution in [3.8, 4) is 0 Å². The van der Waals surface area contributed by atoms with Gasteiger partial charge in [0, 0.05) is 76.0 Å². The molecule has 5 rings (SSSR count).